The van der Waals surface area contributed by atoms with E-state index in [9.17, 15) is 4.79 Å². The molecule has 0 N–H and O–H groups in total. The van der Waals surface area contributed by atoms with E-state index in [0.717, 1.165) is 19.6 Å². The highest BCUT2D eigenvalue weighted by atomic mass is 16.1. The SMILES string of the molecule is Cc1ccccc1CN1CCC(=O)C(C)(C)C1. The molecule has 1 aromatic carbocycles. The zero-order valence-electron chi connectivity index (χ0n) is 11.0. The first-order chi connectivity index (χ1) is 7.99. The third-order valence-electron chi connectivity index (χ3n) is 3.68. The highest BCUT2D eigenvalue weighted by molar-refractivity contribution is 5.85. The van der Waals surface area contributed by atoms with E-state index in [1.165, 1.54) is 11.1 Å². The topological polar surface area (TPSA) is 20.3 Å². The zero-order chi connectivity index (χ0) is 12.5. The van der Waals surface area contributed by atoms with Gasteiger partial charge in [-0.25, -0.2) is 0 Å². The number of benzene rings is 1. The average molecular weight is 231 g/mol. The van der Waals surface area contributed by atoms with Gasteiger partial charge in [-0.3, -0.25) is 9.69 Å². The number of ketones is 1. The molecule has 1 aliphatic rings. The van der Waals surface area contributed by atoms with Gasteiger partial charge < -0.3 is 0 Å². The molecule has 92 valence electrons. The average Bonchev–Trinajstić information content (AvgIpc) is 2.26. The lowest BCUT2D eigenvalue weighted by atomic mass is 9.82. The monoisotopic (exact) mass is 231 g/mol. The van der Waals surface area contributed by atoms with Crippen LogP contribution in [0.15, 0.2) is 24.3 Å². The molecule has 1 heterocycles. The van der Waals surface area contributed by atoms with Gasteiger partial charge in [-0.15, -0.1) is 0 Å². The van der Waals surface area contributed by atoms with Crippen LogP contribution in [0.3, 0.4) is 0 Å². The van der Waals surface area contributed by atoms with Crippen molar-refractivity contribution in [3.8, 4) is 0 Å². The van der Waals surface area contributed by atoms with Gasteiger partial charge in [0.1, 0.15) is 5.78 Å². The fourth-order valence-corrected chi connectivity index (χ4v) is 2.49. The van der Waals surface area contributed by atoms with Crippen LogP contribution in [-0.4, -0.2) is 23.8 Å². The number of hydrogen-bond donors (Lipinski definition) is 0. The van der Waals surface area contributed by atoms with E-state index >= 15 is 0 Å². The van der Waals surface area contributed by atoms with Crippen molar-refractivity contribution in [1.29, 1.82) is 0 Å². The lowest BCUT2D eigenvalue weighted by Crippen LogP contribution is -2.45. The van der Waals surface area contributed by atoms with Crippen molar-refractivity contribution in [2.75, 3.05) is 13.1 Å². The van der Waals surface area contributed by atoms with E-state index in [1.54, 1.807) is 0 Å². The number of carbonyl (C=O) groups excluding carboxylic acids is 1. The predicted molar refractivity (Wildman–Crippen MR) is 69.9 cm³/mol. The van der Waals surface area contributed by atoms with Crippen LogP contribution in [-0.2, 0) is 11.3 Å². The molecule has 0 saturated carbocycles. The number of aryl methyl sites for hydroxylation is 1. The van der Waals surface area contributed by atoms with Crippen LogP contribution in [0.2, 0.25) is 0 Å². The number of Topliss-reactive ketones (excluding diaryl/α,β-unsaturated/α-hetero) is 1. The van der Waals surface area contributed by atoms with Crippen molar-refractivity contribution < 1.29 is 4.79 Å². The normalized spacial score (nSPS) is 20.5. The van der Waals surface area contributed by atoms with E-state index in [-0.39, 0.29) is 5.41 Å². The number of piperidine rings is 1. The summed E-state index contributed by atoms with van der Waals surface area (Å²) in [7, 11) is 0. The molecule has 0 amide bonds. The summed E-state index contributed by atoms with van der Waals surface area (Å²) in [6.07, 6.45) is 0.693. The van der Waals surface area contributed by atoms with Crippen LogP contribution in [0.25, 0.3) is 0 Å². The smallest absolute Gasteiger partial charge is 0.141 e. The van der Waals surface area contributed by atoms with Crippen LogP contribution in [0.4, 0.5) is 0 Å². The largest absolute Gasteiger partial charge is 0.299 e. The van der Waals surface area contributed by atoms with Crippen molar-refractivity contribution >= 4 is 5.78 Å². The Kier molecular flexibility index (Phi) is 3.34. The molecule has 1 fully saturated rings. The number of likely N-dealkylation sites (tertiary alicyclic amines) is 1. The van der Waals surface area contributed by atoms with E-state index in [2.05, 4.69) is 49.9 Å². The third kappa shape index (κ3) is 2.75. The molecule has 1 aliphatic heterocycles. The molecule has 1 aromatic rings. The Morgan fingerprint density at radius 3 is 2.65 bits per heavy atom. The Morgan fingerprint density at radius 2 is 2.00 bits per heavy atom. The highest BCUT2D eigenvalue weighted by Crippen LogP contribution is 2.26. The summed E-state index contributed by atoms with van der Waals surface area (Å²) in [4.78, 5) is 14.1. The number of nitrogens with zero attached hydrogens (tertiary/aromatic N) is 1. The number of carbonyl (C=O) groups is 1. The quantitative estimate of drug-likeness (QED) is 0.780. The van der Waals surface area contributed by atoms with Crippen LogP contribution >= 0.6 is 0 Å². The Balaban J connectivity index is 2.06. The van der Waals surface area contributed by atoms with E-state index < -0.39 is 0 Å². The second-order valence-corrected chi connectivity index (χ2v) is 5.69. The fraction of sp³-hybridized carbons (Fsp3) is 0.533. The van der Waals surface area contributed by atoms with Gasteiger partial charge in [-0.05, 0) is 18.1 Å². The molecule has 0 unspecified atom stereocenters. The maximum atomic E-state index is 11.8. The Hall–Kier alpha value is -1.15. The molecule has 0 aromatic heterocycles. The van der Waals surface area contributed by atoms with Gasteiger partial charge in [0.05, 0.1) is 0 Å². The van der Waals surface area contributed by atoms with Crippen LogP contribution < -0.4 is 0 Å². The minimum Gasteiger partial charge on any atom is -0.299 e. The first-order valence-electron chi connectivity index (χ1n) is 6.29. The molecule has 0 spiro atoms. The molecule has 2 rings (SSSR count). The molecular formula is C15H21NO. The van der Waals surface area contributed by atoms with Gasteiger partial charge in [-0.2, -0.15) is 0 Å². The van der Waals surface area contributed by atoms with Crippen molar-refractivity contribution in [3.63, 3.8) is 0 Å². The lowest BCUT2D eigenvalue weighted by Gasteiger charge is -2.37. The second kappa shape index (κ2) is 4.61. The molecule has 0 bridgehead atoms. The number of rotatable bonds is 2. The first-order valence-corrected chi connectivity index (χ1v) is 6.29. The fourth-order valence-electron chi connectivity index (χ4n) is 2.49. The van der Waals surface area contributed by atoms with Crippen LogP contribution in [0.1, 0.15) is 31.4 Å². The Labute approximate surface area is 104 Å². The molecular weight excluding hydrogens is 210 g/mol. The summed E-state index contributed by atoms with van der Waals surface area (Å²) in [5.74, 6) is 0.401. The number of hydrogen-bond acceptors (Lipinski definition) is 2. The zero-order valence-corrected chi connectivity index (χ0v) is 11.0. The Morgan fingerprint density at radius 1 is 1.29 bits per heavy atom. The maximum absolute atomic E-state index is 11.8. The Bertz CT molecular complexity index is 423. The van der Waals surface area contributed by atoms with Crippen molar-refractivity contribution in [2.45, 2.75) is 33.7 Å². The van der Waals surface area contributed by atoms with Crippen molar-refractivity contribution in [1.82, 2.24) is 4.90 Å². The van der Waals surface area contributed by atoms with E-state index in [4.69, 9.17) is 0 Å². The van der Waals surface area contributed by atoms with E-state index in [0.29, 0.717) is 12.2 Å². The van der Waals surface area contributed by atoms with Crippen LogP contribution in [0, 0.1) is 12.3 Å². The summed E-state index contributed by atoms with van der Waals surface area (Å²) >= 11 is 0. The molecule has 17 heavy (non-hydrogen) atoms. The van der Waals surface area contributed by atoms with E-state index in [1.807, 2.05) is 0 Å². The predicted octanol–water partition coefficient (Wildman–Crippen LogP) is 2.80. The molecule has 2 nitrogen and oxygen atoms in total. The van der Waals surface area contributed by atoms with Gasteiger partial charge in [0.2, 0.25) is 0 Å². The maximum Gasteiger partial charge on any atom is 0.141 e. The highest BCUT2D eigenvalue weighted by Gasteiger charge is 2.33. The van der Waals surface area contributed by atoms with Gasteiger partial charge in [-0.1, -0.05) is 38.1 Å². The summed E-state index contributed by atoms with van der Waals surface area (Å²) < 4.78 is 0. The summed E-state index contributed by atoms with van der Waals surface area (Å²) in [6, 6.07) is 8.49. The van der Waals surface area contributed by atoms with Gasteiger partial charge >= 0.3 is 0 Å². The first kappa shape index (κ1) is 12.3. The van der Waals surface area contributed by atoms with Gasteiger partial charge in [0.25, 0.3) is 0 Å². The standard InChI is InChI=1S/C15H21NO/c1-12-6-4-5-7-13(12)10-16-9-8-14(17)15(2,3)11-16/h4-7H,8-11H2,1-3H3. The van der Waals surface area contributed by atoms with Crippen LogP contribution in [0.5, 0.6) is 0 Å². The lowest BCUT2D eigenvalue weighted by molar-refractivity contribution is -0.131. The van der Waals surface area contributed by atoms with Gasteiger partial charge in [0.15, 0.2) is 0 Å². The summed E-state index contributed by atoms with van der Waals surface area (Å²) in [5.41, 5.74) is 2.53. The molecule has 0 atom stereocenters. The summed E-state index contributed by atoms with van der Waals surface area (Å²) in [6.45, 7) is 8.99. The second-order valence-electron chi connectivity index (χ2n) is 5.69. The molecule has 0 radical (unpaired) electrons. The minimum absolute atomic E-state index is 0.180. The molecule has 0 aliphatic carbocycles. The summed E-state index contributed by atoms with van der Waals surface area (Å²) in [5, 5.41) is 0. The molecule has 2 heteroatoms. The van der Waals surface area contributed by atoms with Crippen molar-refractivity contribution in [3.05, 3.63) is 35.4 Å². The minimum atomic E-state index is -0.180. The third-order valence-corrected chi connectivity index (χ3v) is 3.68. The van der Waals surface area contributed by atoms with Gasteiger partial charge in [0, 0.05) is 31.5 Å². The molecule has 1 saturated heterocycles. The van der Waals surface area contributed by atoms with Crippen molar-refractivity contribution in [2.24, 2.45) is 5.41 Å².